The average molecular weight is 357 g/mol. The number of hydrogen-bond acceptors (Lipinski definition) is 4. The second kappa shape index (κ2) is 9.79. The molecule has 0 saturated carbocycles. The molecule has 0 radical (unpaired) electrons. The highest BCUT2D eigenvalue weighted by molar-refractivity contribution is 7.10. The van der Waals surface area contributed by atoms with E-state index in [0.717, 1.165) is 16.9 Å². The molecule has 1 aromatic carbocycles. The van der Waals surface area contributed by atoms with Gasteiger partial charge in [0.25, 0.3) is 5.91 Å². The SMILES string of the molecule is CC(C)C[C@@H](NC(=O)COC(=O)/C=C/c1cccs1)c1ccccc1. The minimum Gasteiger partial charge on any atom is -0.452 e. The topological polar surface area (TPSA) is 55.4 Å². The number of thiophene rings is 1. The number of carbonyl (C=O) groups excluding carboxylic acids is 2. The molecular formula is C20H23NO3S. The van der Waals surface area contributed by atoms with Gasteiger partial charge in [-0.3, -0.25) is 4.79 Å². The van der Waals surface area contributed by atoms with Crippen molar-refractivity contribution < 1.29 is 14.3 Å². The first-order chi connectivity index (χ1) is 12.0. The standard InChI is InChI=1S/C20H23NO3S/c1-15(2)13-18(16-7-4-3-5-8-16)21-19(22)14-24-20(23)11-10-17-9-6-12-25-17/h3-12,15,18H,13-14H2,1-2H3,(H,21,22)/b11-10+/t18-/m1/s1. The third kappa shape index (κ3) is 6.93. The molecule has 0 aliphatic carbocycles. The molecule has 2 rings (SSSR count). The predicted octanol–water partition coefficient (Wildman–Crippen LogP) is 4.21. The summed E-state index contributed by atoms with van der Waals surface area (Å²) in [5, 5.41) is 4.88. The summed E-state index contributed by atoms with van der Waals surface area (Å²) in [5.74, 6) is -0.391. The number of hydrogen-bond donors (Lipinski definition) is 1. The van der Waals surface area contributed by atoms with E-state index in [0.29, 0.717) is 5.92 Å². The normalized spacial score (nSPS) is 12.3. The third-order valence-electron chi connectivity index (χ3n) is 3.52. The molecule has 0 unspecified atom stereocenters. The predicted molar refractivity (Wildman–Crippen MR) is 101 cm³/mol. The van der Waals surface area contributed by atoms with Crippen molar-refractivity contribution in [3.63, 3.8) is 0 Å². The van der Waals surface area contributed by atoms with Crippen molar-refractivity contribution in [1.82, 2.24) is 5.32 Å². The van der Waals surface area contributed by atoms with Crippen LogP contribution in [-0.2, 0) is 14.3 Å². The van der Waals surface area contributed by atoms with E-state index in [-0.39, 0.29) is 18.6 Å². The lowest BCUT2D eigenvalue weighted by Crippen LogP contribution is -2.33. The average Bonchev–Trinajstić information content (AvgIpc) is 3.11. The van der Waals surface area contributed by atoms with Crippen LogP contribution in [0.2, 0.25) is 0 Å². The van der Waals surface area contributed by atoms with E-state index < -0.39 is 5.97 Å². The van der Waals surface area contributed by atoms with Crippen molar-refractivity contribution in [2.24, 2.45) is 5.92 Å². The Hall–Kier alpha value is -2.40. The highest BCUT2D eigenvalue weighted by atomic mass is 32.1. The van der Waals surface area contributed by atoms with Crippen LogP contribution >= 0.6 is 11.3 Å². The van der Waals surface area contributed by atoms with Gasteiger partial charge in [0.2, 0.25) is 0 Å². The van der Waals surface area contributed by atoms with Crippen LogP contribution in [0, 0.1) is 5.92 Å². The maximum Gasteiger partial charge on any atom is 0.331 e. The summed E-state index contributed by atoms with van der Waals surface area (Å²) < 4.78 is 5.01. The van der Waals surface area contributed by atoms with Gasteiger partial charge in [0, 0.05) is 11.0 Å². The summed E-state index contributed by atoms with van der Waals surface area (Å²) in [5.41, 5.74) is 1.05. The number of amides is 1. The van der Waals surface area contributed by atoms with Crippen LogP contribution in [0.15, 0.2) is 53.9 Å². The van der Waals surface area contributed by atoms with Crippen molar-refractivity contribution >= 4 is 29.3 Å². The van der Waals surface area contributed by atoms with Gasteiger partial charge >= 0.3 is 5.97 Å². The molecule has 0 aliphatic heterocycles. The zero-order valence-electron chi connectivity index (χ0n) is 14.5. The fraction of sp³-hybridized carbons (Fsp3) is 0.300. The Bertz CT molecular complexity index is 693. The molecule has 0 bridgehead atoms. The van der Waals surface area contributed by atoms with E-state index in [2.05, 4.69) is 19.2 Å². The highest BCUT2D eigenvalue weighted by Gasteiger charge is 2.16. The van der Waals surface area contributed by atoms with Gasteiger partial charge in [-0.25, -0.2) is 4.79 Å². The van der Waals surface area contributed by atoms with E-state index in [1.165, 1.54) is 17.4 Å². The lowest BCUT2D eigenvalue weighted by molar-refractivity contribution is -0.144. The van der Waals surface area contributed by atoms with Crippen LogP contribution in [-0.4, -0.2) is 18.5 Å². The molecule has 1 aromatic heterocycles. The fourth-order valence-corrected chi connectivity index (χ4v) is 3.01. The molecule has 1 heterocycles. The van der Waals surface area contributed by atoms with E-state index in [9.17, 15) is 9.59 Å². The minimum absolute atomic E-state index is 0.0888. The van der Waals surface area contributed by atoms with E-state index >= 15 is 0 Å². The lowest BCUT2D eigenvalue weighted by Gasteiger charge is -2.21. The summed E-state index contributed by atoms with van der Waals surface area (Å²) in [7, 11) is 0. The number of rotatable bonds is 8. The molecule has 4 nitrogen and oxygen atoms in total. The van der Waals surface area contributed by atoms with Gasteiger partial charge < -0.3 is 10.1 Å². The van der Waals surface area contributed by atoms with Gasteiger partial charge in [0.1, 0.15) is 0 Å². The number of benzene rings is 1. The fourth-order valence-electron chi connectivity index (χ4n) is 2.39. The Morgan fingerprint density at radius 2 is 1.92 bits per heavy atom. The van der Waals surface area contributed by atoms with Gasteiger partial charge in [0.15, 0.2) is 6.61 Å². The Kier molecular flexibility index (Phi) is 7.41. The van der Waals surface area contributed by atoms with Gasteiger partial charge in [-0.15, -0.1) is 11.3 Å². The van der Waals surface area contributed by atoms with Gasteiger partial charge in [-0.05, 0) is 35.4 Å². The van der Waals surface area contributed by atoms with E-state index in [1.54, 1.807) is 6.08 Å². The van der Waals surface area contributed by atoms with Crippen LogP contribution in [0.3, 0.4) is 0 Å². The molecule has 5 heteroatoms. The van der Waals surface area contributed by atoms with Crippen LogP contribution in [0.25, 0.3) is 6.08 Å². The van der Waals surface area contributed by atoms with Crippen molar-refractivity contribution in [3.05, 3.63) is 64.4 Å². The number of carbonyl (C=O) groups is 2. The largest absolute Gasteiger partial charge is 0.452 e. The number of esters is 1. The van der Waals surface area contributed by atoms with Gasteiger partial charge in [0.05, 0.1) is 6.04 Å². The molecule has 0 fully saturated rings. The molecule has 0 spiro atoms. The first kappa shape index (κ1) is 18.9. The molecule has 0 aliphatic rings. The zero-order chi connectivity index (χ0) is 18.1. The summed E-state index contributed by atoms with van der Waals surface area (Å²) in [4.78, 5) is 24.8. The first-order valence-corrected chi connectivity index (χ1v) is 9.15. The Morgan fingerprint density at radius 3 is 2.56 bits per heavy atom. The maximum absolute atomic E-state index is 12.1. The second-order valence-corrected chi connectivity index (χ2v) is 7.10. The number of ether oxygens (including phenoxy) is 1. The first-order valence-electron chi connectivity index (χ1n) is 8.27. The van der Waals surface area contributed by atoms with E-state index in [4.69, 9.17) is 4.74 Å². The highest BCUT2D eigenvalue weighted by Crippen LogP contribution is 2.20. The third-order valence-corrected chi connectivity index (χ3v) is 4.35. The molecule has 1 N–H and O–H groups in total. The monoisotopic (exact) mass is 357 g/mol. The second-order valence-electron chi connectivity index (χ2n) is 6.12. The molecule has 132 valence electrons. The van der Waals surface area contributed by atoms with Crippen LogP contribution in [0.4, 0.5) is 0 Å². The molecule has 1 atom stereocenters. The molecule has 1 amide bonds. The summed E-state index contributed by atoms with van der Waals surface area (Å²) in [6.45, 7) is 3.93. The van der Waals surface area contributed by atoms with Gasteiger partial charge in [-0.2, -0.15) is 0 Å². The molecule has 2 aromatic rings. The zero-order valence-corrected chi connectivity index (χ0v) is 15.3. The summed E-state index contributed by atoms with van der Waals surface area (Å²) in [6.07, 6.45) is 3.83. The molecule has 25 heavy (non-hydrogen) atoms. The van der Waals surface area contributed by atoms with Crippen LogP contribution < -0.4 is 5.32 Å². The molecule has 0 saturated heterocycles. The smallest absolute Gasteiger partial charge is 0.331 e. The Balaban J connectivity index is 1.85. The van der Waals surface area contributed by atoms with Crippen LogP contribution in [0.1, 0.15) is 36.8 Å². The Labute approximate surface area is 152 Å². The Morgan fingerprint density at radius 1 is 1.16 bits per heavy atom. The summed E-state index contributed by atoms with van der Waals surface area (Å²) in [6, 6.07) is 13.5. The molecular weight excluding hydrogens is 334 g/mol. The maximum atomic E-state index is 12.1. The van der Waals surface area contributed by atoms with Crippen molar-refractivity contribution in [1.29, 1.82) is 0 Å². The summed E-state index contributed by atoms with van der Waals surface area (Å²) >= 11 is 1.53. The van der Waals surface area contributed by atoms with Gasteiger partial charge in [-0.1, -0.05) is 50.2 Å². The van der Waals surface area contributed by atoms with Crippen LogP contribution in [0.5, 0.6) is 0 Å². The lowest BCUT2D eigenvalue weighted by atomic mass is 9.97. The quantitative estimate of drug-likeness (QED) is 0.569. The van der Waals surface area contributed by atoms with Crippen molar-refractivity contribution in [3.8, 4) is 0 Å². The minimum atomic E-state index is -0.524. The number of nitrogens with one attached hydrogen (secondary N) is 1. The van der Waals surface area contributed by atoms with E-state index in [1.807, 2.05) is 47.8 Å². The van der Waals surface area contributed by atoms with Crippen molar-refractivity contribution in [2.75, 3.05) is 6.61 Å². The van der Waals surface area contributed by atoms with Crippen molar-refractivity contribution in [2.45, 2.75) is 26.3 Å².